The summed E-state index contributed by atoms with van der Waals surface area (Å²) >= 11 is 0. The Morgan fingerprint density at radius 3 is 2.61 bits per heavy atom. The summed E-state index contributed by atoms with van der Waals surface area (Å²) in [5, 5.41) is 2.94. The SMILES string of the molecule is COc1ccc(CC(C)C(=O)NCc2cccnc2)cc1OC. The first-order valence-electron chi connectivity index (χ1n) is 7.51. The van der Waals surface area contributed by atoms with Crippen LogP contribution in [0.25, 0.3) is 0 Å². The van der Waals surface area contributed by atoms with Gasteiger partial charge in [0.2, 0.25) is 5.91 Å². The molecule has 2 aromatic rings. The molecule has 0 radical (unpaired) electrons. The van der Waals surface area contributed by atoms with E-state index in [2.05, 4.69) is 10.3 Å². The summed E-state index contributed by atoms with van der Waals surface area (Å²) in [5.41, 5.74) is 2.02. The molecule has 1 aromatic carbocycles. The first-order chi connectivity index (χ1) is 11.1. The fourth-order valence-corrected chi connectivity index (χ4v) is 2.32. The second kappa shape index (κ2) is 8.17. The molecule has 1 amide bonds. The van der Waals surface area contributed by atoms with Crippen LogP contribution in [0.3, 0.4) is 0 Å². The van der Waals surface area contributed by atoms with Crippen molar-refractivity contribution in [1.82, 2.24) is 10.3 Å². The van der Waals surface area contributed by atoms with Crippen molar-refractivity contribution in [1.29, 1.82) is 0 Å². The maximum Gasteiger partial charge on any atom is 0.223 e. The van der Waals surface area contributed by atoms with Crippen molar-refractivity contribution in [3.8, 4) is 11.5 Å². The third-order valence-electron chi connectivity index (χ3n) is 3.63. The molecular weight excluding hydrogens is 292 g/mol. The minimum absolute atomic E-state index is 0.0173. The summed E-state index contributed by atoms with van der Waals surface area (Å²) < 4.78 is 10.5. The van der Waals surface area contributed by atoms with Gasteiger partial charge in [0.1, 0.15) is 0 Å². The van der Waals surface area contributed by atoms with Crippen molar-refractivity contribution < 1.29 is 14.3 Å². The van der Waals surface area contributed by atoms with Crippen LogP contribution in [0.1, 0.15) is 18.1 Å². The van der Waals surface area contributed by atoms with Gasteiger partial charge >= 0.3 is 0 Å². The van der Waals surface area contributed by atoms with E-state index < -0.39 is 0 Å². The highest BCUT2D eigenvalue weighted by molar-refractivity contribution is 5.78. The molecule has 1 atom stereocenters. The van der Waals surface area contributed by atoms with Crippen molar-refractivity contribution >= 4 is 5.91 Å². The van der Waals surface area contributed by atoms with Gasteiger partial charge in [0, 0.05) is 24.9 Å². The van der Waals surface area contributed by atoms with Gasteiger partial charge in [0.05, 0.1) is 14.2 Å². The largest absolute Gasteiger partial charge is 0.493 e. The number of pyridine rings is 1. The standard InChI is InChI=1S/C18H22N2O3/c1-13(18(21)20-12-15-5-4-8-19-11-15)9-14-6-7-16(22-2)17(10-14)23-3/h4-8,10-11,13H,9,12H2,1-3H3,(H,20,21). The third kappa shape index (κ3) is 4.71. The van der Waals surface area contributed by atoms with Crippen LogP contribution >= 0.6 is 0 Å². The Morgan fingerprint density at radius 2 is 1.96 bits per heavy atom. The molecule has 1 heterocycles. The van der Waals surface area contributed by atoms with Crippen molar-refractivity contribution in [2.75, 3.05) is 14.2 Å². The highest BCUT2D eigenvalue weighted by Crippen LogP contribution is 2.28. The van der Waals surface area contributed by atoms with Crippen LogP contribution in [0.4, 0.5) is 0 Å². The van der Waals surface area contributed by atoms with E-state index in [1.807, 2.05) is 37.3 Å². The van der Waals surface area contributed by atoms with E-state index in [9.17, 15) is 4.79 Å². The Kier molecular flexibility index (Phi) is 5.97. The van der Waals surface area contributed by atoms with Gasteiger partial charge in [-0.1, -0.05) is 19.1 Å². The van der Waals surface area contributed by atoms with Crippen molar-refractivity contribution in [3.63, 3.8) is 0 Å². The second-order valence-electron chi connectivity index (χ2n) is 5.37. The normalized spacial score (nSPS) is 11.6. The lowest BCUT2D eigenvalue weighted by Crippen LogP contribution is -2.29. The number of ether oxygens (including phenoxy) is 2. The number of nitrogens with zero attached hydrogens (tertiary/aromatic N) is 1. The van der Waals surface area contributed by atoms with Crippen molar-refractivity contribution in [3.05, 3.63) is 53.9 Å². The Bertz CT molecular complexity index is 644. The van der Waals surface area contributed by atoms with Gasteiger partial charge in [-0.15, -0.1) is 0 Å². The summed E-state index contributed by atoms with van der Waals surface area (Å²) in [5.74, 6) is 1.24. The number of nitrogens with one attached hydrogen (secondary N) is 1. The molecule has 23 heavy (non-hydrogen) atoms. The van der Waals surface area contributed by atoms with Crippen LogP contribution in [0.5, 0.6) is 11.5 Å². The minimum atomic E-state index is -0.134. The number of rotatable bonds is 7. The minimum Gasteiger partial charge on any atom is -0.493 e. The van der Waals surface area contributed by atoms with Crippen LogP contribution in [-0.2, 0) is 17.8 Å². The van der Waals surface area contributed by atoms with E-state index >= 15 is 0 Å². The molecule has 2 rings (SSSR count). The number of carbonyl (C=O) groups excluding carboxylic acids is 1. The Balaban J connectivity index is 1.93. The average Bonchev–Trinajstić information content (AvgIpc) is 2.60. The molecule has 0 fully saturated rings. The van der Waals surface area contributed by atoms with E-state index in [0.717, 1.165) is 11.1 Å². The molecule has 0 bridgehead atoms. The Morgan fingerprint density at radius 1 is 1.17 bits per heavy atom. The van der Waals surface area contributed by atoms with Crippen LogP contribution < -0.4 is 14.8 Å². The monoisotopic (exact) mass is 314 g/mol. The van der Waals surface area contributed by atoms with E-state index in [-0.39, 0.29) is 11.8 Å². The molecule has 0 saturated carbocycles. The van der Waals surface area contributed by atoms with Gasteiger partial charge in [-0.25, -0.2) is 0 Å². The maximum absolute atomic E-state index is 12.2. The number of hydrogen-bond acceptors (Lipinski definition) is 4. The molecule has 0 spiro atoms. The molecule has 0 aliphatic carbocycles. The molecule has 122 valence electrons. The predicted octanol–water partition coefficient (Wildman–Crippen LogP) is 2.59. The number of carbonyl (C=O) groups is 1. The molecule has 0 saturated heterocycles. The average molecular weight is 314 g/mol. The lowest BCUT2D eigenvalue weighted by molar-refractivity contribution is -0.124. The Labute approximate surface area is 136 Å². The molecule has 0 aliphatic heterocycles. The lowest BCUT2D eigenvalue weighted by atomic mass is 10.00. The predicted molar refractivity (Wildman–Crippen MR) is 88.5 cm³/mol. The topological polar surface area (TPSA) is 60.5 Å². The van der Waals surface area contributed by atoms with Crippen LogP contribution in [-0.4, -0.2) is 25.1 Å². The number of amides is 1. The zero-order chi connectivity index (χ0) is 16.7. The number of hydrogen-bond donors (Lipinski definition) is 1. The fourth-order valence-electron chi connectivity index (χ4n) is 2.32. The van der Waals surface area contributed by atoms with E-state index in [1.165, 1.54) is 0 Å². The summed E-state index contributed by atoms with van der Waals surface area (Å²) in [6, 6.07) is 9.51. The summed E-state index contributed by atoms with van der Waals surface area (Å²) in [6.07, 6.45) is 4.10. The highest BCUT2D eigenvalue weighted by Gasteiger charge is 2.14. The van der Waals surface area contributed by atoms with E-state index in [1.54, 1.807) is 26.6 Å². The first kappa shape index (κ1) is 16.8. The maximum atomic E-state index is 12.2. The quantitative estimate of drug-likeness (QED) is 0.853. The zero-order valence-corrected chi connectivity index (χ0v) is 13.7. The summed E-state index contributed by atoms with van der Waals surface area (Å²) in [6.45, 7) is 2.40. The fraction of sp³-hybridized carbons (Fsp3) is 0.333. The van der Waals surface area contributed by atoms with Gasteiger partial charge < -0.3 is 14.8 Å². The molecule has 5 heteroatoms. The molecule has 0 aliphatic rings. The van der Waals surface area contributed by atoms with Gasteiger partial charge in [-0.05, 0) is 35.7 Å². The summed E-state index contributed by atoms with van der Waals surface area (Å²) in [7, 11) is 3.21. The molecule has 1 aromatic heterocycles. The molecule has 1 N–H and O–H groups in total. The van der Waals surface area contributed by atoms with Crippen LogP contribution in [0.15, 0.2) is 42.7 Å². The molecule has 5 nitrogen and oxygen atoms in total. The molecular formula is C18H22N2O3. The summed E-state index contributed by atoms with van der Waals surface area (Å²) in [4.78, 5) is 16.2. The van der Waals surface area contributed by atoms with Gasteiger partial charge in [0.25, 0.3) is 0 Å². The first-order valence-corrected chi connectivity index (χ1v) is 7.51. The van der Waals surface area contributed by atoms with Crippen molar-refractivity contribution in [2.45, 2.75) is 19.9 Å². The lowest BCUT2D eigenvalue weighted by Gasteiger charge is -2.14. The number of methoxy groups -OCH3 is 2. The Hall–Kier alpha value is -2.56. The van der Waals surface area contributed by atoms with Gasteiger partial charge in [-0.3, -0.25) is 9.78 Å². The zero-order valence-electron chi connectivity index (χ0n) is 13.7. The molecule has 1 unspecified atom stereocenters. The van der Waals surface area contributed by atoms with Gasteiger partial charge in [0.15, 0.2) is 11.5 Å². The highest BCUT2D eigenvalue weighted by atomic mass is 16.5. The van der Waals surface area contributed by atoms with E-state index in [0.29, 0.717) is 24.5 Å². The third-order valence-corrected chi connectivity index (χ3v) is 3.63. The smallest absolute Gasteiger partial charge is 0.223 e. The van der Waals surface area contributed by atoms with Crippen LogP contribution in [0, 0.1) is 5.92 Å². The van der Waals surface area contributed by atoms with E-state index in [4.69, 9.17) is 9.47 Å². The van der Waals surface area contributed by atoms with Crippen molar-refractivity contribution in [2.24, 2.45) is 5.92 Å². The van der Waals surface area contributed by atoms with Crippen LogP contribution in [0.2, 0.25) is 0 Å². The van der Waals surface area contributed by atoms with Gasteiger partial charge in [-0.2, -0.15) is 0 Å². The number of aromatic nitrogens is 1. The number of benzene rings is 1. The second-order valence-corrected chi connectivity index (χ2v) is 5.37.